The van der Waals surface area contributed by atoms with Crippen molar-refractivity contribution in [2.45, 2.75) is 39.0 Å². The van der Waals surface area contributed by atoms with Gasteiger partial charge in [-0.2, -0.15) is 5.26 Å². The Kier molecular flexibility index (Phi) is 4.85. The van der Waals surface area contributed by atoms with Crippen LogP contribution in [0, 0.1) is 23.1 Å². The summed E-state index contributed by atoms with van der Waals surface area (Å²) in [5, 5.41) is 9.00. The second kappa shape index (κ2) is 7.06. The van der Waals surface area contributed by atoms with Gasteiger partial charge in [-0.15, -0.1) is 0 Å². The third-order valence-electron chi connectivity index (χ3n) is 4.87. The average Bonchev–Trinajstić information content (AvgIpc) is 3.41. The van der Waals surface area contributed by atoms with E-state index in [2.05, 4.69) is 6.92 Å². The minimum Gasteiger partial charge on any atom is -0.423 e. The van der Waals surface area contributed by atoms with Gasteiger partial charge in [0.2, 0.25) is 0 Å². The fourth-order valence-electron chi connectivity index (χ4n) is 3.24. The van der Waals surface area contributed by atoms with E-state index in [0.29, 0.717) is 23.5 Å². The van der Waals surface area contributed by atoms with E-state index in [4.69, 9.17) is 10.00 Å². The van der Waals surface area contributed by atoms with Crippen LogP contribution in [0.3, 0.4) is 0 Å². The summed E-state index contributed by atoms with van der Waals surface area (Å²) in [5.41, 5.74) is 2.21. The van der Waals surface area contributed by atoms with Gasteiger partial charge in [0.15, 0.2) is 0 Å². The molecule has 25 heavy (non-hydrogen) atoms. The zero-order chi connectivity index (χ0) is 18.0. The molecule has 0 bridgehead atoms. The summed E-state index contributed by atoms with van der Waals surface area (Å²) >= 11 is 0. The first-order valence-electron chi connectivity index (χ1n) is 8.62. The molecule has 2 aromatic rings. The lowest BCUT2D eigenvalue weighted by molar-refractivity contribution is 0.0734. The quantitative estimate of drug-likeness (QED) is 0.570. The number of hydrogen-bond donors (Lipinski definition) is 0. The van der Waals surface area contributed by atoms with E-state index in [-0.39, 0.29) is 11.3 Å². The summed E-state index contributed by atoms with van der Waals surface area (Å²) in [4.78, 5) is 12.3. The Hall–Kier alpha value is -2.67. The Morgan fingerprint density at radius 3 is 2.56 bits per heavy atom. The largest absolute Gasteiger partial charge is 0.423 e. The highest BCUT2D eigenvalue weighted by molar-refractivity contribution is 5.91. The van der Waals surface area contributed by atoms with Crippen molar-refractivity contribution in [3.63, 3.8) is 0 Å². The number of halogens is 1. The van der Waals surface area contributed by atoms with E-state index in [1.165, 1.54) is 18.4 Å². The number of carbonyl (C=O) groups excluding carboxylic acids is 1. The number of benzene rings is 2. The second-order valence-electron chi connectivity index (χ2n) is 6.43. The number of aryl methyl sites for hydroxylation is 1. The van der Waals surface area contributed by atoms with Crippen LogP contribution < -0.4 is 4.74 Å². The molecular formula is C21H20FNO2. The lowest BCUT2D eigenvalue weighted by Crippen LogP contribution is -2.09. The topological polar surface area (TPSA) is 50.1 Å². The first-order chi connectivity index (χ1) is 12.1. The molecular weight excluding hydrogens is 317 g/mol. The van der Waals surface area contributed by atoms with Gasteiger partial charge in [0.1, 0.15) is 17.6 Å². The summed E-state index contributed by atoms with van der Waals surface area (Å²) in [6, 6.07) is 11.9. The highest BCUT2D eigenvalue weighted by Gasteiger charge is 2.36. The van der Waals surface area contributed by atoms with Crippen LogP contribution in [0.4, 0.5) is 4.39 Å². The number of hydrogen-bond acceptors (Lipinski definition) is 3. The molecule has 0 aromatic heterocycles. The van der Waals surface area contributed by atoms with Crippen LogP contribution in [0.2, 0.25) is 0 Å². The Labute approximate surface area is 147 Å². The summed E-state index contributed by atoms with van der Waals surface area (Å²) in [6.45, 7) is 4.01. The first kappa shape index (κ1) is 17.2. The highest BCUT2D eigenvalue weighted by atomic mass is 19.1. The van der Waals surface area contributed by atoms with Gasteiger partial charge in [0, 0.05) is 6.07 Å². The van der Waals surface area contributed by atoms with Crippen LogP contribution in [0.5, 0.6) is 5.75 Å². The molecule has 0 radical (unpaired) electrons. The van der Waals surface area contributed by atoms with E-state index < -0.39 is 11.8 Å². The number of nitriles is 1. The lowest BCUT2D eigenvalue weighted by atomic mass is 10.0. The molecule has 0 N–H and O–H groups in total. The minimum absolute atomic E-state index is 0.00145. The molecule has 2 aromatic carbocycles. The number of rotatable bonds is 5. The van der Waals surface area contributed by atoms with E-state index in [9.17, 15) is 9.18 Å². The zero-order valence-corrected chi connectivity index (χ0v) is 14.4. The van der Waals surface area contributed by atoms with Crippen molar-refractivity contribution in [1.29, 1.82) is 5.26 Å². The van der Waals surface area contributed by atoms with Gasteiger partial charge in [0.05, 0.1) is 11.1 Å². The van der Waals surface area contributed by atoms with Crippen molar-refractivity contribution in [2.75, 3.05) is 0 Å². The summed E-state index contributed by atoms with van der Waals surface area (Å²) in [7, 11) is 0. The lowest BCUT2D eigenvalue weighted by Gasteiger charge is -2.09. The second-order valence-corrected chi connectivity index (χ2v) is 6.43. The van der Waals surface area contributed by atoms with E-state index >= 15 is 0 Å². The summed E-state index contributed by atoms with van der Waals surface area (Å²) in [5.74, 6) is 0.289. The van der Waals surface area contributed by atoms with Crippen LogP contribution in [-0.2, 0) is 6.42 Å². The fraction of sp³-hybridized carbons (Fsp3) is 0.333. The van der Waals surface area contributed by atoms with Gasteiger partial charge in [-0.05, 0) is 54.0 Å². The normalized spacial score (nSPS) is 18.5. The van der Waals surface area contributed by atoms with Gasteiger partial charge in [0.25, 0.3) is 0 Å². The fourth-order valence-corrected chi connectivity index (χ4v) is 3.24. The molecule has 3 nitrogen and oxygen atoms in total. The van der Waals surface area contributed by atoms with Crippen LogP contribution in [-0.4, -0.2) is 5.97 Å². The third kappa shape index (κ3) is 3.56. The number of esters is 1. The monoisotopic (exact) mass is 337 g/mol. The molecule has 2 unspecified atom stereocenters. The molecule has 1 aliphatic rings. The van der Waals surface area contributed by atoms with Crippen molar-refractivity contribution in [3.8, 4) is 11.8 Å². The van der Waals surface area contributed by atoms with Gasteiger partial charge in [-0.1, -0.05) is 32.4 Å². The molecule has 0 heterocycles. The minimum atomic E-state index is -0.667. The van der Waals surface area contributed by atoms with E-state index in [1.807, 2.05) is 25.1 Å². The SMILES string of the molecule is CCc1cc(OC(=O)c2ccc(C3CC3CC)cc2)cc(F)c1C#N. The van der Waals surface area contributed by atoms with Crippen LogP contribution in [0.1, 0.15) is 59.7 Å². The van der Waals surface area contributed by atoms with Crippen LogP contribution in [0.25, 0.3) is 0 Å². The van der Waals surface area contributed by atoms with Gasteiger partial charge < -0.3 is 4.74 Å². The van der Waals surface area contributed by atoms with Crippen molar-refractivity contribution in [2.24, 2.45) is 5.92 Å². The molecule has 0 saturated heterocycles. The molecule has 1 fully saturated rings. The molecule has 1 saturated carbocycles. The van der Waals surface area contributed by atoms with Crippen molar-refractivity contribution >= 4 is 5.97 Å². The molecule has 1 aliphatic carbocycles. The Morgan fingerprint density at radius 1 is 1.28 bits per heavy atom. The van der Waals surface area contributed by atoms with Gasteiger partial charge in [-0.25, -0.2) is 9.18 Å². The Bertz CT molecular complexity index is 836. The molecule has 0 amide bonds. The maximum Gasteiger partial charge on any atom is 0.343 e. The predicted octanol–water partition coefficient (Wildman–Crippen LogP) is 4.99. The Balaban J connectivity index is 1.74. The van der Waals surface area contributed by atoms with Gasteiger partial charge in [-0.3, -0.25) is 0 Å². The van der Waals surface area contributed by atoms with Crippen molar-refractivity contribution in [3.05, 3.63) is 64.5 Å². The zero-order valence-electron chi connectivity index (χ0n) is 14.4. The molecule has 128 valence electrons. The van der Waals surface area contributed by atoms with Crippen LogP contribution in [0.15, 0.2) is 36.4 Å². The predicted molar refractivity (Wildman–Crippen MR) is 93.0 cm³/mol. The molecule has 0 aliphatic heterocycles. The van der Waals surface area contributed by atoms with E-state index in [0.717, 1.165) is 12.0 Å². The summed E-state index contributed by atoms with van der Waals surface area (Å²) in [6.07, 6.45) is 2.88. The molecule has 3 rings (SSSR count). The smallest absolute Gasteiger partial charge is 0.343 e. The number of carbonyl (C=O) groups is 1. The summed E-state index contributed by atoms with van der Waals surface area (Å²) < 4.78 is 19.2. The van der Waals surface area contributed by atoms with Gasteiger partial charge >= 0.3 is 5.97 Å². The van der Waals surface area contributed by atoms with Crippen molar-refractivity contribution < 1.29 is 13.9 Å². The third-order valence-corrected chi connectivity index (χ3v) is 4.87. The first-order valence-corrected chi connectivity index (χ1v) is 8.62. The molecule has 0 spiro atoms. The molecule has 2 atom stereocenters. The maximum absolute atomic E-state index is 14.0. The number of nitrogens with zero attached hydrogens (tertiary/aromatic N) is 1. The molecule has 4 heteroatoms. The number of ether oxygens (including phenoxy) is 1. The standard InChI is InChI=1S/C21H20FNO2/c1-3-13-9-17(11-20(22)19(13)12-23)25-21(24)16-7-5-15(6-8-16)18-10-14(18)4-2/h5-9,11,14,18H,3-4,10H2,1-2H3. The maximum atomic E-state index is 14.0. The Morgan fingerprint density at radius 2 is 2.00 bits per heavy atom. The van der Waals surface area contributed by atoms with Crippen LogP contribution >= 0.6 is 0 Å². The highest BCUT2D eigenvalue weighted by Crippen LogP contribution is 2.49. The van der Waals surface area contributed by atoms with Crippen molar-refractivity contribution in [1.82, 2.24) is 0 Å². The average molecular weight is 337 g/mol. The van der Waals surface area contributed by atoms with E-state index in [1.54, 1.807) is 18.2 Å².